The van der Waals surface area contributed by atoms with Crippen LogP contribution in [0.5, 0.6) is 0 Å². The Balaban J connectivity index is 1.72. The first-order chi connectivity index (χ1) is 11.2. The van der Waals surface area contributed by atoms with Gasteiger partial charge in [-0.25, -0.2) is 4.98 Å². The van der Waals surface area contributed by atoms with Gasteiger partial charge < -0.3 is 5.11 Å². The highest BCUT2D eigenvalue weighted by Crippen LogP contribution is 2.30. The molecule has 2 aromatic heterocycles. The SMILES string of the molecule is O=c1c2sc(Br)cc2ncn1C1CCc2cc(CO)ccc2C1. The van der Waals surface area contributed by atoms with Gasteiger partial charge in [-0.15, -0.1) is 11.3 Å². The van der Waals surface area contributed by atoms with Crippen LogP contribution in [0.25, 0.3) is 10.2 Å². The molecule has 6 heteroatoms. The Morgan fingerprint density at radius 2 is 2.22 bits per heavy atom. The molecule has 1 aromatic carbocycles. The van der Waals surface area contributed by atoms with Crippen LogP contribution in [0.15, 0.2) is 39.2 Å². The highest BCUT2D eigenvalue weighted by molar-refractivity contribution is 9.11. The van der Waals surface area contributed by atoms with E-state index in [9.17, 15) is 9.90 Å². The largest absolute Gasteiger partial charge is 0.392 e. The lowest BCUT2D eigenvalue weighted by molar-refractivity contribution is 0.281. The summed E-state index contributed by atoms with van der Waals surface area (Å²) in [6.07, 6.45) is 4.36. The maximum Gasteiger partial charge on any atom is 0.271 e. The first kappa shape index (κ1) is 15.1. The van der Waals surface area contributed by atoms with Gasteiger partial charge in [-0.2, -0.15) is 0 Å². The number of benzene rings is 1. The molecule has 1 unspecified atom stereocenters. The molecule has 0 spiro atoms. The molecule has 0 saturated heterocycles. The zero-order valence-electron chi connectivity index (χ0n) is 12.3. The number of fused-ring (bicyclic) bond motifs is 2. The van der Waals surface area contributed by atoms with Crippen LogP contribution in [0.3, 0.4) is 0 Å². The lowest BCUT2D eigenvalue weighted by Gasteiger charge is -2.26. The second-order valence-electron chi connectivity index (χ2n) is 5.88. The Morgan fingerprint density at radius 3 is 3.04 bits per heavy atom. The van der Waals surface area contributed by atoms with E-state index in [2.05, 4.69) is 33.0 Å². The Labute approximate surface area is 145 Å². The monoisotopic (exact) mass is 390 g/mol. The van der Waals surface area contributed by atoms with Crippen molar-refractivity contribution in [1.29, 1.82) is 0 Å². The molecule has 0 aliphatic heterocycles. The Kier molecular flexibility index (Phi) is 3.83. The van der Waals surface area contributed by atoms with Crippen molar-refractivity contribution in [1.82, 2.24) is 9.55 Å². The molecule has 118 valence electrons. The molecule has 1 N–H and O–H groups in total. The summed E-state index contributed by atoms with van der Waals surface area (Å²) in [4.78, 5) is 17.2. The first-order valence-electron chi connectivity index (χ1n) is 7.53. The standard InChI is InChI=1S/C17H15BrN2O2S/c18-15-7-14-16(23-15)17(22)20(9-19-14)13-4-3-11-5-10(8-21)1-2-12(11)6-13/h1-2,5,7,9,13,21H,3-4,6,8H2. The van der Waals surface area contributed by atoms with E-state index in [1.807, 2.05) is 12.1 Å². The third kappa shape index (κ3) is 2.65. The maximum atomic E-state index is 12.7. The predicted molar refractivity (Wildman–Crippen MR) is 95.0 cm³/mol. The van der Waals surface area contributed by atoms with Gasteiger partial charge in [-0.1, -0.05) is 18.2 Å². The van der Waals surface area contributed by atoms with Crippen LogP contribution < -0.4 is 5.56 Å². The van der Waals surface area contributed by atoms with E-state index in [0.717, 1.165) is 34.1 Å². The molecule has 2 heterocycles. The molecule has 0 amide bonds. The zero-order chi connectivity index (χ0) is 16.0. The van der Waals surface area contributed by atoms with E-state index < -0.39 is 0 Å². The third-order valence-electron chi connectivity index (χ3n) is 4.48. The summed E-state index contributed by atoms with van der Waals surface area (Å²) in [5.74, 6) is 0. The number of aryl methyl sites for hydroxylation is 1. The summed E-state index contributed by atoms with van der Waals surface area (Å²) in [7, 11) is 0. The second kappa shape index (κ2) is 5.85. The quantitative estimate of drug-likeness (QED) is 0.728. The number of rotatable bonds is 2. The highest BCUT2D eigenvalue weighted by atomic mass is 79.9. The van der Waals surface area contributed by atoms with E-state index in [1.54, 1.807) is 10.9 Å². The summed E-state index contributed by atoms with van der Waals surface area (Å²) >= 11 is 4.86. The van der Waals surface area contributed by atoms with Crippen molar-refractivity contribution >= 4 is 37.5 Å². The van der Waals surface area contributed by atoms with Crippen LogP contribution in [0.4, 0.5) is 0 Å². The Bertz CT molecular complexity index is 947. The van der Waals surface area contributed by atoms with Gasteiger partial charge in [0.05, 0.1) is 22.2 Å². The summed E-state index contributed by atoms with van der Waals surface area (Å²) in [5.41, 5.74) is 4.30. The minimum absolute atomic E-state index is 0.0473. The van der Waals surface area contributed by atoms with Crippen LogP contribution >= 0.6 is 27.3 Å². The second-order valence-corrected chi connectivity index (χ2v) is 8.31. The zero-order valence-corrected chi connectivity index (χ0v) is 14.7. The van der Waals surface area contributed by atoms with Gasteiger partial charge in [0.2, 0.25) is 0 Å². The minimum atomic E-state index is 0.0473. The molecule has 23 heavy (non-hydrogen) atoms. The van der Waals surface area contributed by atoms with E-state index in [-0.39, 0.29) is 18.2 Å². The van der Waals surface area contributed by atoms with Crippen molar-refractivity contribution in [3.63, 3.8) is 0 Å². The molecule has 0 saturated carbocycles. The number of thiophene rings is 1. The summed E-state index contributed by atoms with van der Waals surface area (Å²) in [6.45, 7) is 0.0734. The van der Waals surface area contributed by atoms with Gasteiger partial charge in [0, 0.05) is 6.04 Å². The number of aromatic nitrogens is 2. The van der Waals surface area contributed by atoms with E-state index in [4.69, 9.17) is 0 Å². The fraction of sp³-hybridized carbons (Fsp3) is 0.294. The minimum Gasteiger partial charge on any atom is -0.392 e. The van der Waals surface area contributed by atoms with Gasteiger partial charge >= 0.3 is 0 Å². The predicted octanol–water partition coefficient (Wildman–Crippen LogP) is 3.44. The van der Waals surface area contributed by atoms with Gasteiger partial charge in [-0.3, -0.25) is 9.36 Å². The van der Waals surface area contributed by atoms with Crippen molar-refractivity contribution < 1.29 is 5.11 Å². The van der Waals surface area contributed by atoms with Gasteiger partial charge in [0.25, 0.3) is 5.56 Å². The highest BCUT2D eigenvalue weighted by Gasteiger charge is 2.22. The molecule has 1 atom stereocenters. The Morgan fingerprint density at radius 1 is 1.35 bits per heavy atom. The van der Waals surface area contributed by atoms with Crippen molar-refractivity contribution in [3.8, 4) is 0 Å². The third-order valence-corrected chi connectivity index (χ3v) is 6.10. The first-order valence-corrected chi connectivity index (χ1v) is 9.14. The summed E-state index contributed by atoms with van der Waals surface area (Å²) < 4.78 is 3.43. The number of aliphatic hydroxyl groups is 1. The van der Waals surface area contributed by atoms with Gasteiger partial charge in [0.15, 0.2) is 0 Å². The smallest absolute Gasteiger partial charge is 0.271 e. The fourth-order valence-corrected chi connectivity index (χ4v) is 4.76. The lowest BCUT2D eigenvalue weighted by Crippen LogP contribution is -2.28. The average molecular weight is 391 g/mol. The molecule has 4 nitrogen and oxygen atoms in total. The summed E-state index contributed by atoms with van der Waals surface area (Å²) in [6, 6.07) is 8.14. The van der Waals surface area contributed by atoms with Crippen molar-refractivity contribution in [2.24, 2.45) is 0 Å². The van der Waals surface area contributed by atoms with E-state index >= 15 is 0 Å². The van der Waals surface area contributed by atoms with Crippen molar-refractivity contribution in [3.05, 3.63) is 61.4 Å². The van der Waals surface area contributed by atoms with Crippen LogP contribution in [0, 0.1) is 0 Å². The summed E-state index contributed by atoms with van der Waals surface area (Å²) in [5, 5.41) is 9.25. The Hall–Kier alpha value is -1.50. The van der Waals surface area contributed by atoms with Crippen LogP contribution in [-0.2, 0) is 19.4 Å². The van der Waals surface area contributed by atoms with Crippen molar-refractivity contribution in [2.75, 3.05) is 0 Å². The molecule has 4 rings (SSSR count). The molecule has 1 aliphatic rings. The average Bonchev–Trinajstić information content (AvgIpc) is 2.96. The number of hydrogen-bond acceptors (Lipinski definition) is 4. The fourth-order valence-electron chi connectivity index (χ4n) is 3.28. The molecule has 3 aromatic rings. The maximum absolute atomic E-state index is 12.7. The van der Waals surface area contributed by atoms with Gasteiger partial charge in [-0.05, 0) is 57.9 Å². The van der Waals surface area contributed by atoms with E-state index in [1.165, 1.54) is 22.5 Å². The van der Waals surface area contributed by atoms with Crippen LogP contribution in [0.1, 0.15) is 29.2 Å². The van der Waals surface area contributed by atoms with Gasteiger partial charge in [0.1, 0.15) is 4.70 Å². The van der Waals surface area contributed by atoms with Crippen LogP contribution in [0.2, 0.25) is 0 Å². The van der Waals surface area contributed by atoms with Crippen molar-refractivity contribution in [2.45, 2.75) is 31.9 Å². The number of halogens is 1. The lowest BCUT2D eigenvalue weighted by atomic mass is 9.87. The number of nitrogens with zero attached hydrogens (tertiary/aromatic N) is 2. The number of aliphatic hydroxyl groups excluding tert-OH is 1. The molecule has 0 fully saturated rings. The number of hydrogen-bond donors (Lipinski definition) is 1. The van der Waals surface area contributed by atoms with Crippen LogP contribution in [-0.4, -0.2) is 14.7 Å². The molecule has 1 aliphatic carbocycles. The molecular weight excluding hydrogens is 376 g/mol. The molecular formula is C17H15BrN2O2S. The normalized spacial score (nSPS) is 17.4. The topological polar surface area (TPSA) is 55.1 Å². The molecule has 0 bridgehead atoms. The van der Waals surface area contributed by atoms with E-state index in [0.29, 0.717) is 4.70 Å². The molecule has 0 radical (unpaired) electrons.